The topological polar surface area (TPSA) is 26.3 Å². The molecule has 0 unspecified atom stereocenters. The van der Waals surface area contributed by atoms with Crippen LogP contribution in [0.2, 0.25) is 0 Å². The summed E-state index contributed by atoms with van der Waals surface area (Å²) in [5.74, 6) is 1.17. The second kappa shape index (κ2) is 7.35. The van der Waals surface area contributed by atoms with Crippen LogP contribution in [0.1, 0.15) is 21.5 Å². The Kier molecular flexibility index (Phi) is 5.49. The zero-order valence-electron chi connectivity index (χ0n) is 11.5. The lowest BCUT2D eigenvalue weighted by molar-refractivity contribution is -0.274. The van der Waals surface area contributed by atoms with Crippen molar-refractivity contribution in [3.63, 3.8) is 0 Å². The lowest BCUT2D eigenvalue weighted by Gasteiger charge is -2.09. The molecular weight excluding hydrogens is 313 g/mol. The van der Waals surface area contributed by atoms with E-state index in [1.165, 1.54) is 12.1 Å². The normalized spacial score (nSPS) is 11.2. The van der Waals surface area contributed by atoms with Crippen molar-refractivity contribution in [2.75, 3.05) is 0 Å². The van der Waals surface area contributed by atoms with E-state index >= 15 is 0 Å². The molecule has 2 nitrogen and oxygen atoms in total. The van der Waals surface area contributed by atoms with Crippen LogP contribution in [0.3, 0.4) is 0 Å². The molecule has 2 rings (SSSR count). The Morgan fingerprint density at radius 2 is 1.68 bits per heavy atom. The second-order valence-electron chi connectivity index (χ2n) is 4.55. The van der Waals surface area contributed by atoms with E-state index in [0.29, 0.717) is 11.3 Å². The number of rotatable bonds is 6. The summed E-state index contributed by atoms with van der Waals surface area (Å²) in [5.41, 5.74) is 2.57. The van der Waals surface area contributed by atoms with Crippen molar-refractivity contribution < 1.29 is 22.7 Å². The lowest BCUT2D eigenvalue weighted by atomic mass is 10.2. The Morgan fingerprint density at radius 1 is 1.00 bits per heavy atom. The first-order valence-electron chi connectivity index (χ1n) is 6.43. The Labute approximate surface area is 130 Å². The zero-order chi connectivity index (χ0) is 16.0. The molecule has 22 heavy (non-hydrogen) atoms. The van der Waals surface area contributed by atoms with Crippen molar-refractivity contribution in [3.05, 3.63) is 65.2 Å². The number of halogens is 3. The van der Waals surface area contributed by atoms with E-state index in [1.54, 1.807) is 30.0 Å². The Hall–Kier alpha value is -1.95. The second-order valence-corrected chi connectivity index (χ2v) is 5.53. The van der Waals surface area contributed by atoms with E-state index in [1.807, 2.05) is 18.2 Å². The summed E-state index contributed by atoms with van der Waals surface area (Å²) in [5, 5.41) is 0. The van der Waals surface area contributed by atoms with Gasteiger partial charge in [-0.05, 0) is 29.3 Å². The molecule has 0 aromatic heterocycles. The van der Waals surface area contributed by atoms with E-state index in [2.05, 4.69) is 4.74 Å². The first-order valence-corrected chi connectivity index (χ1v) is 7.58. The smallest absolute Gasteiger partial charge is 0.406 e. The van der Waals surface area contributed by atoms with Crippen molar-refractivity contribution in [1.82, 2.24) is 0 Å². The van der Waals surface area contributed by atoms with Crippen LogP contribution in [-0.2, 0) is 11.5 Å². The fourth-order valence-electron chi connectivity index (χ4n) is 1.83. The van der Waals surface area contributed by atoms with Gasteiger partial charge in [0.25, 0.3) is 0 Å². The predicted molar refractivity (Wildman–Crippen MR) is 80.0 cm³/mol. The molecule has 0 atom stereocenters. The van der Waals surface area contributed by atoms with E-state index < -0.39 is 6.36 Å². The largest absolute Gasteiger partial charge is 0.573 e. The highest BCUT2D eigenvalue weighted by Crippen LogP contribution is 2.24. The van der Waals surface area contributed by atoms with Crippen LogP contribution in [0.25, 0.3) is 0 Å². The third-order valence-electron chi connectivity index (χ3n) is 2.78. The fourth-order valence-corrected chi connectivity index (χ4v) is 2.78. The van der Waals surface area contributed by atoms with Gasteiger partial charge in [0.05, 0.1) is 0 Å². The molecule has 2 aromatic rings. The molecular formula is C16H13F3O2S. The van der Waals surface area contributed by atoms with E-state index in [9.17, 15) is 18.0 Å². The molecule has 0 heterocycles. The number of benzene rings is 2. The summed E-state index contributed by atoms with van der Waals surface area (Å²) in [6.07, 6.45) is -3.87. The molecule has 116 valence electrons. The van der Waals surface area contributed by atoms with E-state index in [4.69, 9.17) is 0 Å². The van der Waals surface area contributed by atoms with Crippen LogP contribution in [0, 0.1) is 0 Å². The van der Waals surface area contributed by atoms with E-state index in [-0.39, 0.29) is 5.75 Å². The number of alkyl halides is 3. The molecule has 0 aliphatic carbocycles. The van der Waals surface area contributed by atoms with Gasteiger partial charge in [-0.25, -0.2) is 0 Å². The van der Waals surface area contributed by atoms with Gasteiger partial charge in [-0.2, -0.15) is 11.8 Å². The first-order chi connectivity index (χ1) is 10.5. The standard InChI is InChI=1S/C16H13F3O2S/c17-16(18,19)21-15-6-4-12(5-7-15)10-22-11-14-3-1-2-13(8-14)9-20/h1-9H,10-11H2. The highest BCUT2D eigenvalue weighted by molar-refractivity contribution is 7.97. The van der Waals surface area contributed by atoms with Gasteiger partial charge < -0.3 is 4.74 Å². The number of aldehydes is 1. The van der Waals surface area contributed by atoms with Crippen molar-refractivity contribution in [2.24, 2.45) is 0 Å². The van der Waals surface area contributed by atoms with Gasteiger partial charge >= 0.3 is 6.36 Å². The number of hydrogen-bond donors (Lipinski definition) is 0. The minimum atomic E-state index is -4.67. The molecule has 2 aromatic carbocycles. The van der Waals surface area contributed by atoms with E-state index in [0.717, 1.165) is 23.2 Å². The highest BCUT2D eigenvalue weighted by atomic mass is 32.2. The molecule has 0 radical (unpaired) electrons. The number of carbonyl (C=O) groups excluding carboxylic acids is 1. The predicted octanol–water partition coefficient (Wildman–Crippen LogP) is 4.83. The molecule has 6 heteroatoms. The number of ether oxygens (including phenoxy) is 1. The maximum atomic E-state index is 12.0. The van der Waals surface area contributed by atoms with Crippen LogP contribution < -0.4 is 4.74 Å². The third kappa shape index (κ3) is 5.44. The van der Waals surface area contributed by atoms with Crippen molar-refractivity contribution in [2.45, 2.75) is 17.9 Å². The molecule has 0 saturated heterocycles. The minimum absolute atomic E-state index is 0.222. The SMILES string of the molecule is O=Cc1cccc(CSCc2ccc(OC(F)(F)F)cc2)c1. The summed E-state index contributed by atoms with van der Waals surface area (Å²) >= 11 is 1.62. The molecule has 0 saturated carbocycles. The summed E-state index contributed by atoms with van der Waals surface area (Å²) in [6.45, 7) is 0. The van der Waals surface area contributed by atoms with Crippen molar-refractivity contribution in [1.29, 1.82) is 0 Å². The van der Waals surface area contributed by atoms with Crippen LogP contribution >= 0.6 is 11.8 Å². The maximum absolute atomic E-state index is 12.0. The Balaban J connectivity index is 1.85. The fraction of sp³-hybridized carbons (Fsp3) is 0.188. The molecule has 0 N–H and O–H groups in total. The Morgan fingerprint density at radius 3 is 2.32 bits per heavy atom. The van der Waals surface area contributed by atoms with Crippen molar-refractivity contribution in [3.8, 4) is 5.75 Å². The van der Waals surface area contributed by atoms with Gasteiger partial charge in [-0.15, -0.1) is 13.2 Å². The monoisotopic (exact) mass is 326 g/mol. The third-order valence-corrected chi connectivity index (χ3v) is 3.86. The zero-order valence-corrected chi connectivity index (χ0v) is 12.3. The molecule has 0 spiro atoms. The summed E-state index contributed by atoms with van der Waals surface area (Å²) in [7, 11) is 0. The maximum Gasteiger partial charge on any atom is 0.573 e. The van der Waals surface area contributed by atoms with Crippen molar-refractivity contribution >= 4 is 18.0 Å². The van der Waals surface area contributed by atoms with Crippen LogP contribution in [0.5, 0.6) is 5.75 Å². The number of hydrogen-bond acceptors (Lipinski definition) is 3. The summed E-state index contributed by atoms with van der Waals surface area (Å²) < 4.78 is 39.9. The molecule has 0 aliphatic rings. The quantitative estimate of drug-likeness (QED) is 0.711. The van der Waals surface area contributed by atoms with Gasteiger partial charge in [0, 0.05) is 17.1 Å². The van der Waals surface area contributed by atoms with Crippen LogP contribution in [-0.4, -0.2) is 12.6 Å². The summed E-state index contributed by atoms with van der Waals surface area (Å²) in [4.78, 5) is 10.7. The average molecular weight is 326 g/mol. The summed E-state index contributed by atoms with van der Waals surface area (Å²) in [6, 6.07) is 13.1. The average Bonchev–Trinajstić information content (AvgIpc) is 2.48. The van der Waals surface area contributed by atoms with Gasteiger partial charge in [0.2, 0.25) is 0 Å². The highest BCUT2D eigenvalue weighted by Gasteiger charge is 2.30. The van der Waals surface area contributed by atoms with Crippen LogP contribution in [0.15, 0.2) is 48.5 Å². The van der Waals surface area contributed by atoms with Gasteiger partial charge in [-0.3, -0.25) is 4.79 Å². The molecule has 0 fully saturated rings. The van der Waals surface area contributed by atoms with Gasteiger partial charge in [-0.1, -0.05) is 30.3 Å². The number of thioether (sulfide) groups is 1. The number of carbonyl (C=O) groups is 1. The van der Waals surface area contributed by atoms with Gasteiger partial charge in [0.1, 0.15) is 12.0 Å². The molecule has 0 amide bonds. The molecule has 0 bridgehead atoms. The lowest BCUT2D eigenvalue weighted by Crippen LogP contribution is -2.16. The minimum Gasteiger partial charge on any atom is -0.406 e. The Bertz CT molecular complexity index is 624. The van der Waals surface area contributed by atoms with Gasteiger partial charge in [0.15, 0.2) is 0 Å². The van der Waals surface area contributed by atoms with Crippen LogP contribution in [0.4, 0.5) is 13.2 Å². The first kappa shape index (κ1) is 16.4. The molecule has 0 aliphatic heterocycles.